The number of rotatable bonds is 4. The van der Waals surface area contributed by atoms with Crippen molar-refractivity contribution in [2.75, 3.05) is 6.54 Å². The Labute approximate surface area is 169 Å². The van der Waals surface area contributed by atoms with Crippen molar-refractivity contribution in [1.29, 1.82) is 0 Å². The molecule has 6 nitrogen and oxygen atoms in total. The Balaban J connectivity index is 1.59. The second-order valence-electron chi connectivity index (χ2n) is 6.90. The van der Waals surface area contributed by atoms with E-state index in [0.29, 0.717) is 13.0 Å². The van der Waals surface area contributed by atoms with Crippen molar-refractivity contribution in [3.63, 3.8) is 0 Å². The molecule has 148 valence electrons. The van der Waals surface area contributed by atoms with Crippen LogP contribution in [0, 0.1) is 0 Å². The number of fused-ring (bicyclic) bond motifs is 1. The van der Waals surface area contributed by atoms with Gasteiger partial charge in [-0.25, -0.2) is 13.9 Å². The second kappa shape index (κ2) is 7.79. The lowest BCUT2D eigenvalue weighted by Gasteiger charge is -2.28. The SMILES string of the molecule is O=C(NO)c1ccc2c(c1)CN(S(=O)(=O)c1ccc(-c3ccccc3)cc1)CC2. The van der Waals surface area contributed by atoms with Crippen LogP contribution < -0.4 is 5.48 Å². The average Bonchev–Trinajstić information content (AvgIpc) is 2.78. The molecule has 0 unspecified atom stereocenters. The first-order chi connectivity index (χ1) is 14.0. The molecule has 0 atom stereocenters. The Bertz CT molecular complexity index is 1140. The van der Waals surface area contributed by atoms with Gasteiger partial charge in [0, 0.05) is 18.7 Å². The molecule has 1 amide bonds. The maximum absolute atomic E-state index is 13.1. The van der Waals surface area contributed by atoms with E-state index in [0.717, 1.165) is 22.3 Å². The molecule has 29 heavy (non-hydrogen) atoms. The lowest BCUT2D eigenvalue weighted by molar-refractivity contribution is 0.0706. The topological polar surface area (TPSA) is 86.7 Å². The minimum Gasteiger partial charge on any atom is -0.288 e. The lowest BCUT2D eigenvalue weighted by Crippen LogP contribution is -2.36. The molecule has 0 fully saturated rings. The van der Waals surface area contributed by atoms with Crippen LogP contribution in [0.4, 0.5) is 0 Å². The van der Waals surface area contributed by atoms with Gasteiger partial charge in [-0.2, -0.15) is 4.31 Å². The van der Waals surface area contributed by atoms with Gasteiger partial charge in [0.05, 0.1) is 4.90 Å². The van der Waals surface area contributed by atoms with Gasteiger partial charge in [-0.05, 0) is 52.9 Å². The summed E-state index contributed by atoms with van der Waals surface area (Å²) in [7, 11) is -3.66. The zero-order valence-corrected chi connectivity index (χ0v) is 16.4. The van der Waals surface area contributed by atoms with Gasteiger partial charge < -0.3 is 0 Å². The van der Waals surface area contributed by atoms with E-state index in [2.05, 4.69) is 0 Å². The molecule has 1 aliphatic heterocycles. The summed E-state index contributed by atoms with van der Waals surface area (Å²) >= 11 is 0. The van der Waals surface area contributed by atoms with Gasteiger partial charge in [0.15, 0.2) is 0 Å². The monoisotopic (exact) mass is 408 g/mol. The molecular formula is C22H20N2O4S. The van der Waals surface area contributed by atoms with Crippen molar-refractivity contribution in [3.8, 4) is 11.1 Å². The number of nitrogens with one attached hydrogen (secondary N) is 1. The van der Waals surface area contributed by atoms with Gasteiger partial charge in [-0.15, -0.1) is 0 Å². The predicted octanol–water partition coefficient (Wildman–Crippen LogP) is 3.22. The number of carbonyl (C=O) groups is 1. The molecule has 0 radical (unpaired) electrons. The molecule has 1 heterocycles. The standard InChI is InChI=1S/C22H20N2O4S/c25-22(23-26)19-7-6-18-12-13-24(15-20(18)14-19)29(27,28)21-10-8-17(9-11-21)16-4-2-1-3-5-16/h1-11,14,26H,12-13,15H2,(H,23,25). The van der Waals surface area contributed by atoms with Crippen molar-refractivity contribution >= 4 is 15.9 Å². The molecule has 0 spiro atoms. The molecule has 0 bridgehead atoms. The Morgan fingerprint density at radius 1 is 0.897 bits per heavy atom. The van der Waals surface area contributed by atoms with Gasteiger partial charge >= 0.3 is 0 Å². The fourth-order valence-electron chi connectivity index (χ4n) is 3.54. The summed E-state index contributed by atoms with van der Waals surface area (Å²) in [5.41, 5.74) is 5.64. The maximum atomic E-state index is 13.1. The predicted molar refractivity (Wildman–Crippen MR) is 109 cm³/mol. The third kappa shape index (κ3) is 3.80. The Kier molecular flexibility index (Phi) is 5.19. The fourth-order valence-corrected chi connectivity index (χ4v) is 4.96. The van der Waals surface area contributed by atoms with Crippen molar-refractivity contribution < 1.29 is 18.4 Å². The summed E-state index contributed by atoms with van der Waals surface area (Å²) in [6, 6.07) is 21.7. The lowest BCUT2D eigenvalue weighted by atomic mass is 9.98. The van der Waals surface area contributed by atoms with Crippen LogP contribution in [0.25, 0.3) is 11.1 Å². The largest absolute Gasteiger partial charge is 0.288 e. The van der Waals surface area contributed by atoms with Crippen LogP contribution in [0.5, 0.6) is 0 Å². The van der Waals surface area contributed by atoms with Crippen LogP contribution in [-0.4, -0.2) is 30.4 Å². The van der Waals surface area contributed by atoms with E-state index in [1.807, 2.05) is 42.5 Å². The summed E-state index contributed by atoms with van der Waals surface area (Å²) in [6.45, 7) is 0.561. The van der Waals surface area contributed by atoms with Crippen LogP contribution in [0.1, 0.15) is 21.5 Å². The van der Waals surface area contributed by atoms with Crippen molar-refractivity contribution in [2.24, 2.45) is 0 Å². The molecule has 2 N–H and O–H groups in total. The normalized spacial score (nSPS) is 14.2. The number of hydroxylamine groups is 1. The maximum Gasteiger partial charge on any atom is 0.274 e. The number of carbonyl (C=O) groups excluding carboxylic acids is 1. The second-order valence-corrected chi connectivity index (χ2v) is 8.84. The minimum absolute atomic E-state index is 0.185. The summed E-state index contributed by atoms with van der Waals surface area (Å²) in [5, 5.41) is 8.82. The first-order valence-electron chi connectivity index (χ1n) is 9.21. The molecule has 0 aliphatic carbocycles. The van der Waals surface area contributed by atoms with Crippen molar-refractivity contribution in [3.05, 3.63) is 89.5 Å². The van der Waals surface area contributed by atoms with Crippen LogP contribution >= 0.6 is 0 Å². The molecule has 0 saturated carbocycles. The highest BCUT2D eigenvalue weighted by Gasteiger charge is 2.28. The molecule has 0 aromatic heterocycles. The van der Waals surface area contributed by atoms with Crippen LogP contribution in [0.2, 0.25) is 0 Å². The Hall–Kier alpha value is -3.00. The molecule has 4 rings (SSSR count). The summed E-state index contributed by atoms with van der Waals surface area (Å²) in [4.78, 5) is 11.9. The average molecular weight is 408 g/mol. The quantitative estimate of drug-likeness (QED) is 0.513. The zero-order valence-electron chi connectivity index (χ0n) is 15.6. The number of hydrogen-bond acceptors (Lipinski definition) is 4. The van der Waals surface area contributed by atoms with Gasteiger partial charge in [-0.1, -0.05) is 48.5 Å². The summed E-state index contributed by atoms with van der Waals surface area (Å²) in [5.74, 6) is -0.621. The van der Waals surface area contributed by atoms with E-state index >= 15 is 0 Å². The third-order valence-electron chi connectivity index (χ3n) is 5.15. The van der Waals surface area contributed by atoms with Crippen molar-refractivity contribution in [2.45, 2.75) is 17.9 Å². The van der Waals surface area contributed by atoms with E-state index in [1.54, 1.807) is 35.8 Å². The fraction of sp³-hybridized carbons (Fsp3) is 0.136. The van der Waals surface area contributed by atoms with Gasteiger partial charge in [-0.3, -0.25) is 10.0 Å². The van der Waals surface area contributed by atoms with Gasteiger partial charge in [0.25, 0.3) is 5.91 Å². The summed E-state index contributed by atoms with van der Waals surface area (Å²) in [6.07, 6.45) is 0.567. The molecular weight excluding hydrogens is 388 g/mol. The number of amides is 1. The summed E-state index contributed by atoms with van der Waals surface area (Å²) < 4.78 is 27.7. The number of sulfonamides is 1. The molecule has 3 aromatic rings. The smallest absolute Gasteiger partial charge is 0.274 e. The van der Waals surface area contributed by atoms with Crippen molar-refractivity contribution in [1.82, 2.24) is 9.79 Å². The Morgan fingerprint density at radius 2 is 1.59 bits per heavy atom. The van der Waals surface area contributed by atoms with E-state index in [9.17, 15) is 13.2 Å². The number of benzene rings is 3. The third-order valence-corrected chi connectivity index (χ3v) is 7.01. The highest BCUT2D eigenvalue weighted by Crippen LogP contribution is 2.27. The van der Waals surface area contributed by atoms with Gasteiger partial charge in [0.2, 0.25) is 10.0 Å². The molecule has 7 heteroatoms. The minimum atomic E-state index is -3.66. The van der Waals surface area contributed by atoms with E-state index in [-0.39, 0.29) is 17.0 Å². The van der Waals surface area contributed by atoms with Gasteiger partial charge in [0.1, 0.15) is 0 Å². The van der Waals surface area contributed by atoms with Crippen LogP contribution in [0.15, 0.2) is 77.7 Å². The number of nitrogens with zero attached hydrogens (tertiary/aromatic N) is 1. The number of hydrogen-bond donors (Lipinski definition) is 2. The molecule has 0 saturated heterocycles. The van der Waals surface area contributed by atoms with E-state index in [4.69, 9.17) is 5.21 Å². The van der Waals surface area contributed by atoms with E-state index in [1.165, 1.54) is 4.31 Å². The molecule has 1 aliphatic rings. The van der Waals surface area contributed by atoms with Crippen LogP contribution in [-0.2, 0) is 23.0 Å². The van der Waals surface area contributed by atoms with Crippen LogP contribution in [0.3, 0.4) is 0 Å². The first-order valence-corrected chi connectivity index (χ1v) is 10.6. The highest BCUT2D eigenvalue weighted by atomic mass is 32.2. The van der Waals surface area contributed by atoms with E-state index < -0.39 is 15.9 Å². The Morgan fingerprint density at radius 3 is 2.28 bits per heavy atom. The molecule has 3 aromatic carbocycles. The first kappa shape index (κ1) is 19.3. The highest BCUT2D eigenvalue weighted by molar-refractivity contribution is 7.89. The zero-order chi connectivity index (χ0) is 20.4.